The number of hydrogen-bond acceptors (Lipinski definition) is 6. The fourth-order valence-electron chi connectivity index (χ4n) is 3.54. The Morgan fingerprint density at radius 3 is 2.96 bits per heavy atom. The third-order valence-corrected chi connectivity index (χ3v) is 6.82. The number of ether oxygens (including phenoxy) is 1. The summed E-state index contributed by atoms with van der Waals surface area (Å²) in [5, 5.41) is 15.8. The van der Waals surface area contributed by atoms with E-state index in [0.29, 0.717) is 15.1 Å². The van der Waals surface area contributed by atoms with Gasteiger partial charge in [0.15, 0.2) is 23.0 Å². The molecule has 8 heteroatoms. The Kier molecular flexibility index (Phi) is 3.78. The molecule has 0 spiro atoms. The number of halogens is 1. The van der Waals surface area contributed by atoms with Crippen LogP contribution in [0.3, 0.4) is 0 Å². The zero-order valence-corrected chi connectivity index (χ0v) is 17.0. The van der Waals surface area contributed by atoms with Crippen molar-refractivity contribution in [1.29, 1.82) is 0 Å². The molecule has 0 saturated heterocycles. The van der Waals surface area contributed by atoms with E-state index < -0.39 is 0 Å². The second-order valence-corrected chi connectivity index (χ2v) is 8.59. The molecular weight excluding hydrogens is 463 g/mol. The van der Waals surface area contributed by atoms with Gasteiger partial charge in [0.2, 0.25) is 0 Å². The summed E-state index contributed by atoms with van der Waals surface area (Å²) in [6.07, 6.45) is 6.42. The molecule has 0 unspecified atom stereocenters. The van der Waals surface area contributed by atoms with Gasteiger partial charge in [-0.15, -0.1) is 16.4 Å². The number of methoxy groups -OCH3 is 1. The number of aromatic nitrogens is 4. The van der Waals surface area contributed by atoms with Crippen LogP contribution in [0.2, 0.25) is 0 Å². The van der Waals surface area contributed by atoms with Gasteiger partial charge in [0, 0.05) is 10.4 Å². The quantitative estimate of drug-likeness (QED) is 0.438. The SMILES string of the molecule is COc1cc(-c2nc3c4c5c(sc4ncn3n2)CCCC5)cc(I)c1O. The van der Waals surface area contributed by atoms with Crippen LogP contribution in [-0.4, -0.2) is 31.8 Å². The van der Waals surface area contributed by atoms with Crippen molar-refractivity contribution < 1.29 is 9.84 Å². The Bertz CT molecular complexity index is 1170. The second kappa shape index (κ2) is 6.05. The van der Waals surface area contributed by atoms with Gasteiger partial charge in [-0.1, -0.05) is 0 Å². The van der Waals surface area contributed by atoms with Gasteiger partial charge in [-0.05, 0) is 66.0 Å². The average Bonchev–Trinajstić information content (AvgIpc) is 3.24. The van der Waals surface area contributed by atoms with Gasteiger partial charge in [-0.3, -0.25) is 0 Å². The van der Waals surface area contributed by atoms with Crippen LogP contribution in [0.5, 0.6) is 11.5 Å². The fourth-order valence-corrected chi connectivity index (χ4v) is 5.36. The maximum Gasteiger partial charge on any atom is 0.182 e. The molecule has 0 radical (unpaired) electrons. The Morgan fingerprint density at radius 1 is 1.27 bits per heavy atom. The fraction of sp³-hybridized carbons (Fsp3) is 0.278. The first-order chi connectivity index (χ1) is 12.7. The lowest BCUT2D eigenvalue weighted by Gasteiger charge is -2.09. The smallest absolute Gasteiger partial charge is 0.182 e. The van der Waals surface area contributed by atoms with Crippen molar-refractivity contribution in [3.63, 3.8) is 0 Å². The predicted molar refractivity (Wildman–Crippen MR) is 109 cm³/mol. The minimum absolute atomic E-state index is 0.136. The molecule has 0 aliphatic heterocycles. The Hall–Kier alpha value is -1.94. The van der Waals surface area contributed by atoms with Crippen molar-refractivity contribution >= 4 is 49.8 Å². The van der Waals surface area contributed by atoms with Crippen molar-refractivity contribution in [2.45, 2.75) is 25.7 Å². The number of phenolic OH excluding ortho intramolecular Hbond substituents is 1. The standard InChI is InChI=1S/C18H15IN4O2S/c1-25-12-7-9(6-11(19)15(12)24)16-21-17-14-10-4-2-3-5-13(10)26-18(14)20-8-23(17)22-16/h6-8,24H,2-5H2,1H3. The molecule has 6 nitrogen and oxygen atoms in total. The summed E-state index contributed by atoms with van der Waals surface area (Å²) in [7, 11) is 1.54. The third-order valence-electron chi connectivity index (χ3n) is 4.80. The van der Waals surface area contributed by atoms with Crippen LogP contribution in [0.25, 0.3) is 27.3 Å². The molecule has 0 atom stereocenters. The normalized spacial score (nSPS) is 14.1. The molecular formula is C18H15IN4O2S. The van der Waals surface area contributed by atoms with Crippen molar-refractivity contribution in [3.05, 3.63) is 32.5 Å². The summed E-state index contributed by atoms with van der Waals surface area (Å²) in [4.78, 5) is 11.9. The number of rotatable bonds is 2. The van der Waals surface area contributed by atoms with Gasteiger partial charge in [0.25, 0.3) is 0 Å². The van der Waals surface area contributed by atoms with E-state index >= 15 is 0 Å². The molecule has 0 saturated carbocycles. The van der Waals surface area contributed by atoms with Gasteiger partial charge in [-0.25, -0.2) is 14.5 Å². The zero-order valence-electron chi connectivity index (χ0n) is 14.0. The molecule has 0 amide bonds. The molecule has 1 aliphatic carbocycles. The maximum atomic E-state index is 10.1. The summed E-state index contributed by atoms with van der Waals surface area (Å²) in [6, 6.07) is 3.63. The molecule has 3 heterocycles. The summed E-state index contributed by atoms with van der Waals surface area (Å²) in [5.41, 5.74) is 3.06. The Balaban J connectivity index is 1.75. The van der Waals surface area contributed by atoms with E-state index in [-0.39, 0.29) is 5.75 Å². The topological polar surface area (TPSA) is 72.5 Å². The number of fused-ring (bicyclic) bond motifs is 5. The van der Waals surface area contributed by atoms with Gasteiger partial charge in [0.1, 0.15) is 11.2 Å². The maximum absolute atomic E-state index is 10.1. The summed E-state index contributed by atoms with van der Waals surface area (Å²) in [6.45, 7) is 0. The van der Waals surface area contributed by atoms with E-state index in [2.05, 4.69) is 32.7 Å². The predicted octanol–water partition coefficient (Wildman–Crippen LogP) is 4.20. The lowest BCUT2D eigenvalue weighted by atomic mass is 9.97. The van der Waals surface area contributed by atoms with E-state index in [0.717, 1.165) is 34.3 Å². The molecule has 1 aliphatic rings. The minimum Gasteiger partial charge on any atom is -0.504 e. The molecule has 4 aromatic rings. The second-order valence-electron chi connectivity index (χ2n) is 6.35. The van der Waals surface area contributed by atoms with E-state index in [4.69, 9.17) is 9.72 Å². The highest BCUT2D eigenvalue weighted by atomic mass is 127. The molecule has 26 heavy (non-hydrogen) atoms. The molecule has 132 valence electrons. The average molecular weight is 478 g/mol. The summed E-state index contributed by atoms with van der Waals surface area (Å²) in [5.74, 6) is 1.16. The van der Waals surface area contributed by atoms with Crippen LogP contribution >= 0.6 is 33.9 Å². The third kappa shape index (κ3) is 2.38. The van der Waals surface area contributed by atoms with E-state index in [1.54, 1.807) is 28.2 Å². The first-order valence-electron chi connectivity index (χ1n) is 8.38. The molecule has 5 rings (SSSR count). The summed E-state index contributed by atoms with van der Waals surface area (Å²) < 4.78 is 7.72. The molecule has 3 aromatic heterocycles. The van der Waals surface area contributed by atoms with Crippen molar-refractivity contribution in [1.82, 2.24) is 19.6 Å². The van der Waals surface area contributed by atoms with Gasteiger partial charge < -0.3 is 9.84 Å². The number of hydrogen-bond donors (Lipinski definition) is 1. The lowest BCUT2D eigenvalue weighted by Crippen LogP contribution is -1.99. The van der Waals surface area contributed by atoms with Gasteiger partial charge in [0.05, 0.1) is 16.1 Å². The van der Waals surface area contributed by atoms with Crippen LogP contribution in [0.15, 0.2) is 18.5 Å². The first-order valence-corrected chi connectivity index (χ1v) is 10.3. The molecule has 1 N–H and O–H groups in total. The molecule has 0 fully saturated rings. The number of nitrogens with zero attached hydrogens (tertiary/aromatic N) is 4. The number of phenols is 1. The van der Waals surface area contributed by atoms with Crippen molar-refractivity contribution in [2.75, 3.05) is 7.11 Å². The Labute approximate surface area is 167 Å². The minimum atomic E-state index is 0.136. The van der Waals surface area contributed by atoms with Crippen LogP contribution in [0.4, 0.5) is 0 Å². The van der Waals surface area contributed by atoms with E-state index in [1.807, 2.05) is 6.07 Å². The highest BCUT2D eigenvalue weighted by molar-refractivity contribution is 14.1. The highest BCUT2D eigenvalue weighted by Gasteiger charge is 2.21. The number of aromatic hydroxyl groups is 1. The van der Waals surface area contributed by atoms with Crippen LogP contribution < -0.4 is 4.74 Å². The first kappa shape index (κ1) is 16.2. The monoisotopic (exact) mass is 478 g/mol. The highest BCUT2D eigenvalue weighted by Crippen LogP contribution is 2.38. The van der Waals surface area contributed by atoms with Gasteiger partial charge >= 0.3 is 0 Å². The van der Waals surface area contributed by atoms with Crippen LogP contribution in [0, 0.1) is 3.57 Å². The van der Waals surface area contributed by atoms with E-state index in [1.165, 1.54) is 30.4 Å². The van der Waals surface area contributed by atoms with Crippen LogP contribution in [0.1, 0.15) is 23.3 Å². The number of benzene rings is 1. The van der Waals surface area contributed by atoms with Crippen molar-refractivity contribution in [2.24, 2.45) is 0 Å². The number of aryl methyl sites for hydroxylation is 2. The van der Waals surface area contributed by atoms with Crippen LogP contribution in [-0.2, 0) is 12.8 Å². The zero-order chi connectivity index (χ0) is 17.8. The Morgan fingerprint density at radius 2 is 2.12 bits per heavy atom. The summed E-state index contributed by atoms with van der Waals surface area (Å²) >= 11 is 3.87. The van der Waals surface area contributed by atoms with Crippen molar-refractivity contribution in [3.8, 4) is 22.9 Å². The van der Waals surface area contributed by atoms with E-state index in [9.17, 15) is 5.11 Å². The molecule has 0 bridgehead atoms. The molecule has 1 aromatic carbocycles. The number of thiophene rings is 1. The van der Waals surface area contributed by atoms with Gasteiger partial charge in [-0.2, -0.15) is 0 Å². The largest absolute Gasteiger partial charge is 0.504 e. The lowest BCUT2D eigenvalue weighted by molar-refractivity contribution is 0.372.